The molecule has 5 nitrogen and oxygen atoms in total. The molecule has 2 heterocycles. The van der Waals surface area contributed by atoms with Crippen LogP contribution in [-0.2, 0) is 25.5 Å². The summed E-state index contributed by atoms with van der Waals surface area (Å²) in [5.41, 5.74) is 0.253. The molecule has 2 aromatic heterocycles. The molecule has 0 saturated carbocycles. The Morgan fingerprint density at radius 3 is 2.70 bits per heavy atom. The van der Waals surface area contributed by atoms with E-state index in [1.807, 2.05) is 18.2 Å². The molecule has 0 aliphatic heterocycles. The zero-order chi connectivity index (χ0) is 21.5. The van der Waals surface area contributed by atoms with Crippen LogP contribution in [0.15, 0.2) is 42.7 Å². The zero-order valence-corrected chi connectivity index (χ0v) is 17.0. The number of aryl methyl sites for hydroxylation is 3. The van der Waals surface area contributed by atoms with Crippen molar-refractivity contribution in [1.82, 2.24) is 14.9 Å². The standard InChI is InChI=1S/C21H20F3N3O2S/c1-27-11-10-26-19(27)20(29,21(22,23)24)8-9-25-18(28)16-12-14-7-6-13-4-2-3-5-15(13)17(14)30-16/h2-5,10-12,29H,6-9H2,1H3,(H,25,28). The molecule has 0 spiro atoms. The summed E-state index contributed by atoms with van der Waals surface area (Å²) in [4.78, 5) is 17.7. The minimum absolute atomic E-state index is 0.346. The molecule has 2 N–H and O–H groups in total. The Hall–Kier alpha value is -2.65. The van der Waals surface area contributed by atoms with Gasteiger partial charge in [0.1, 0.15) is 5.82 Å². The number of halogens is 3. The molecule has 0 fully saturated rings. The van der Waals surface area contributed by atoms with E-state index in [4.69, 9.17) is 0 Å². The summed E-state index contributed by atoms with van der Waals surface area (Å²) < 4.78 is 41.9. The summed E-state index contributed by atoms with van der Waals surface area (Å²) in [6.45, 7) is -0.346. The predicted molar refractivity (Wildman–Crippen MR) is 107 cm³/mol. The highest BCUT2D eigenvalue weighted by molar-refractivity contribution is 7.17. The number of nitrogens with zero attached hydrogens (tertiary/aromatic N) is 2. The highest BCUT2D eigenvalue weighted by Gasteiger charge is 2.57. The summed E-state index contributed by atoms with van der Waals surface area (Å²) in [5.74, 6) is -0.955. The van der Waals surface area contributed by atoms with Crippen molar-refractivity contribution in [3.05, 3.63) is 64.6 Å². The third-order valence-corrected chi connectivity index (χ3v) is 6.60. The normalized spacial score (nSPS) is 15.2. The largest absolute Gasteiger partial charge is 0.424 e. The molecule has 158 valence electrons. The average molecular weight is 435 g/mol. The van der Waals surface area contributed by atoms with Gasteiger partial charge in [0.2, 0.25) is 5.60 Å². The van der Waals surface area contributed by atoms with Gasteiger partial charge in [-0.25, -0.2) is 4.98 Å². The monoisotopic (exact) mass is 435 g/mol. The van der Waals surface area contributed by atoms with Crippen LogP contribution in [-0.4, -0.2) is 33.3 Å². The van der Waals surface area contributed by atoms with E-state index in [1.165, 1.54) is 36.3 Å². The quantitative estimate of drug-likeness (QED) is 0.640. The summed E-state index contributed by atoms with van der Waals surface area (Å²) in [6.07, 6.45) is -1.42. The number of aromatic nitrogens is 2. The fourth-order valence-corrected chi connectivity index (χ4v) is 4.96. The van der Waals surface area contributed by atoms with Gasteiger partial charge in [0, 0.05) is 37.3 Å². The number of amides is 1. The second-order valence-electron chi connectivity index (χ2n) is 7.35. The van der Waals surface area contributed by atoms with Gasteiger partial charge >= 0.3 is 6.18 Å². The first-order valence-corrected chi connectivity index (χ1v) is 10.3. The van der Waals surface area contributed by atoms with E-state index in [-0.39, 0.29) is 6.54 Å². The van der Waals surface area contributed by atoms with Crippen molar-refractivity contribution in [3.8, 4) is 10.4 Å². The molecule has 9 heteroatoms. The number of carbonyl (C=O) groups is 1. The molecule has 4 rings (SSSR count). The van der Waals surface area contributed by atoms with Crippen LogP contribution >= 0.6 is 11.3 Å². The summed E-state index contributed by atoms with van der Waals surface area (Å²) in [6, 6.07) is 9.81. The molecule has 0 radical (unpaired) electrons. The van der Waals surface area contributed by atoms with Gasteiger partial charge in [-0.15, -0.1) is 11.3 Å². The van der Waals surface area contributed by atoms with E-state index >= 15 is 0 Å². The van der Waals surface area contributed by atoms with Crippen LogP contribution < -0.4 is 5.32 Å². The average Bonchev–Trinajstić information content (AvgIpc) is 3.33. The van der Waals surface area contributed by atoms with Crippen molar-refractivity contribution in [1.29, 1.82) is 0 Å². The first-order chi connectivity index (χ1) is 14.2. The molecule has 1 amide bonds. The molecule has 30 heavy (non-hydrogen) atoms. The maximum Gasteiger partial charge on any atom is 0.424 e. The van der Waals surface area contributed by atoms with E-state index in [2.05, 4.69) is 16.4 Å². The van der Waals surface area contributed by atoms with Gasteiger partial charge < -0.3 is 15.0 Å². The van der Waals surface area contributed by atoms with Gasteiger partial charge in [0.25, 0.3) is 5.91 Å². The number of aliphatic hydroxyl groups is 1. The minimum atomic E-state index is -4.93. The Kier molecular flexibility index (Phi) is 5.19. The van der Waals surface area contributed by atoms with Gasteiger partial charge in [0.15, 0.2) is 0 Å². The summed E-state index contributed by atoms with van der Waals surface area (Å²) in [5, 5.41) is 12.9. The van der Waals surface area contributed by atoms with Crippen molar-refractivity contribution < 1.29 is 23.1 Å². The first-order valence-electron chi connectivity index (χ1n) is 9.47. The third-order valence-electron chi connectivity index (χ3n) is 5.39. The van der Waals surface area contributed by atoms with Gasteiger partial charge in [-0.2, -0.15) is 13.2 Å². The number of hydrogen-bond donors (Lipinski definition) is 2. The second-order valence-corrected chi connectivity index (χ2v) is 8.40. The minimum Gasteiger partial charge on any atom is -0.374 e. The lowest BCUT2D eigenvalue weighted by Crippen LogP contribution is -2.46. The van der Waals surface area contributed by atoms with Gasteiger partial charge in [-0.1, -0.05) is 24.3 Å². The number of rotatable bonds is 5. The fraction of sp³-hybridized carbons (Fsp3) is 0.333. The third kappa shape index (κ3) is 3.52. The van der Waals surface area contributed by atoms with E-state index < -0.39 is 29.9 Å². The van der Waals surface area contributed by atoms with Crippen LogP contribution in [0.5, 0.6) is 0 Å². The van der Waals surface area contributed by atoms with Crippen molar-refractivity contribution in [2.75, 3.05) is 6.54 Å². The van der Waals surface area contributed by atoms with Crippen LogP contribution in [0.25, 0.3) is 10.4 Å². The second kappa shape index (κ2) is 7.55. The summed E-state index contributed by atoms with van der Waals surface area (Å²) in [7, 11) is 1.38. The maximum absolute atomic E-state index is 13.6. The Balaban J connectivity index is 1.48. The Labute approximate surface area is 175 Å². The summed E-state index contributed by atoms with van der Waals surface area (Å²) >= 11 is 1.34. The fourth-order valence-electron chi connectivity index (χ4n) is 3.77. The van der Waals surface area contributed by atoms with Crippen molar-refractivity contribution >= 4 is 17.2 Å². The van der Waals surface area contributed by atoms with Gasteiger partial charge in [0.05, 0.1) is 4.88 Å². The molecule has 1 unspecified atom stereocenters. The highest BCUT2D eigenvalue weighted by Crippen LogP contribution is 2.41. The molecule has 3 aromatic rings. The first kappa shape index (κ1) is 20.6. The molecular formula is C21H20F3N3O2S. The maximum atomic E-state index is 13.6. The van der Waals surface area contributed by atoms with Gasteiger partial charge in [-0.05, 0) is 35.6 Å². The number of alkyl halides is 3. The number of benzene rings is 1. The molecular weight excluding hydrogens is 415 g/mol. The van der Waals surface area contributed by atoms with E-state index in [1.54, 1.807) is 6.07 Å². The molecule has 0 saturated heterocycles. The van der Waals surface area contributed by atoms with Crippen LogP contribution in [0.2, 0.25) is 0 Å². The molecule has 0 bridgehead atoms. The van der Waals surface area contributed by atoms with Crippen molar-refractivity contribution in [2.24, 2.45) is 7.05 Å². The smallest absolute Gasteiger partial charge is 0.374 e. The number of fused-ring (bicyclic) bond motifs is 3. The predicted octanol–water partition coefficient (Wildman–Crippen LogP) is 3.82. The number of imidazole rings is 1. The van der Waals surface area contributed by atoms with Crippen LogP contribution in [0.3, 0.4) is 0 Å². The number of hydrogen-bond acceptors (Lipinski definition) is 4. The number of nitrogens with one attached hydrogen (secondary N) is 1. The van der Waals surface area contributed by atoms with Crippen LogP contribution in [0.4, 0.5) is 13.2 Å². The van der Waals surface area contributed by atoms with E-state index in [9.17, 15) is 23.1 Å². The van der Waals surface area contributed by atoms with E-state index in [0.717, 1.165) is 33.4 Å². The molecule has 1 aromatic carbocycles. The zero-order valence-electron chi connectivity index (χ0n) is 16.2. The SMILES string of the molecule is Cn1ccnc1C(O)(CCNC(=O)c1cc2c(s1)-c1ccccc1CC2)C(F)(F)F. The molecule has 1 aliphatic rings. The van der Waals surface area contributed by atoms with E-state index in [0.29, 0.717) is 4.88 Å². The molecule has 1 atom stereocenters. The Morgan fingerprint density at radius 2 is 2.00 bits per heavy atom. The number of thiophene rings is 1. The van der Waals surface area contributed by atoms with Crippen LogP contribution in [0.1, 0.15) is 33.0 Å². The van der Waals surface area contributed by atoms with Gasteiger partial charge in [-0.3, -0.25) is 4.79 Å². The van der Waals surface area contributed by atoms with Crippen molar-refractivity contribution in [3.63, 3.8) is 0 Å². The highest BCUT2D eigenvalue weighted by atomic mass is 32.1. The van der Waals surface area contributed by atoms with Crippen LogP contribution in [0, 0.1) is 0 Å². The lowest BCUT2D eigenvalue weighted by molar-refractivity contribution is -0.272. The number of carbonyl (C=O) groups excluding carboxylic acids is 1. The Morgan fingerprint density at radius 1 is 1.27 bits per heavy atom. The van der Waals surface area contributed by atoms with Crippen molar-refractivity contribution in [2.45, 2.75) is 31.0 Å². The Bertz CT molecular complexity index is 1090. The lowest BCUT2D eigenvalue weighted by Gasteiger charge is -2.29. The molecule has 1 aliphatic carbocycles. The lowest BCUT2D eigenvalue weighted by atomic mass is 9.91. The topological polar surface area (TPSA) is 67.2 Å².